The number of anilines is 4. The molecule has 0 unspecified atom stereocenters. The lowest BCUT2D eigenvalue weighted by Crippen LogP contribution is -2.22. The highest BCUT2D eigenvalue weighted by Gasteiger charge is 2.09. The minimum atomic E-state index is -0.0144. The van der Waals surface area contributed by atoms with Crippen LogP contribution < -0.4 is 21.3 Å². The minimum absolute atomic E-state index is 0.0144. The Labute approximate surface area is 151 Å². The molecule has 0 fully saturated rings. The standard InChI is InChI=1S/C18H23N7O/c1-12(26)25(2)14-6-4-13(5-7-14)22-18-23-16(20-10-3-9-19)15-8-11-21-17(15)24-18/h4-8,11H,3,9-10,19H2,1-2H3,(H3,20,21,22,23,24). The van der Waals surface area contributed by atoms with Gasteiger partial charge in [0, 0.05) is 38.1 Å². The smallest absolute Gasteiger partial charge is 0.231 e. The summed E-state index contributed by atoms with van der Waals surface area (Å²) in [7, 11) is 1.74. The van der Waals surface area contributed by atoms with Gasteiger partial charge in [0.15, 0.2) is 0 Å². The van der Waals surface area contributed by atoms with Gasteiger partial charge in [0.05, 0.1) is 5.39 Å². The number of nitrogens with zero attached hydrogens (tertiary/aromatic N) is 3. The van der Waals surface area contributed by atoms with Crippen LogP contribution in [0.5, 0.6) is 0 Å². The maximum atomic E-state index is 11.4. The van der Waals surface area contributed by atoms with Gasteiger partial charge < -0.3 is 26.3 Å². The molecule has 0 radical (unpaired) electrons. The van der Waals surface area contributed by atoms with Gasteiger partial charge in [-0.2, -0.15) is 9.97 Å². The molecule has 0 aliphatic rings. The lowest BCUT2D eigenvalue weighted by Gasteiger charge is -2.15. The number of hydrogen-bond acceptors (Lipinski definition) is 6. The molecule has 3 aromatic rings. The predicted octanol–water partition coefficient (Wildman–Crippen LogP) is 2.44. The minimum Gasteiger partial charge on any atom is -0.369 e. The molecule has 0 saturated heterocycles. The molecule has 136 valence electrons. The van der Waals surface area contributed by atoms with Crippen molar-refractivity contribution >= 4 is 40.1 Å². The zero-order chi connectivity index (χ0) is 18.5. The van der Waals surface area contributed by atoms with E-state index < -0.39 is 0 Å². The van der Waals surface area contributed by atoms with E-state index in [2.05, 4.69) is 25.6 Å². The molecule has 2 heterocycles. The van der Waals surface area contributed by atoms with Crippen molar-refractivity contribution in [1.82, 2.24) is 15.0 Å². The normalized spacial score (nSPS) is 10.7. The summed E-state index contributed by atoms with van der Waals surface area (Å²) in [4.78, 5) is 25.2. The van der Waals surface area contributed by atoms with Crippen LogP contribution in [0.4, 0.5) is 23.1 Å². The summed E-state index contributed by atoms with van der Waals surface area (Å²) >= 11 is 0. The fourth-order valence-corrected chi connectivity index (χ4v) is 2.52. The summed E-state index contributed by atoms with van der Waals surface area (Å²) in [5.41, 5.74) is 7.97. The molecule has 0 atom stereocenters. The van der Waals surface area contributed by atoms with Crippen LogP contribution in [0, 0.1) is 0 Å². The summed E-state index contributed by atoms with van der Waals surface area (Å²) in [5, 5.41) is 7.44. The molecule has 1 amide bonds. The second-order valence-electron chi connectivity index (χ2n) is 5.95. The van der Waals surface area contributed by atoms with Crippen LogP contribution in [0.2, 0.25) is 0 Å². The number of benzene rings is 1. The molecule has 26 heavy (non-hydrogen) atoms. The molecular formula is C18H23N7O. The fourth-order valence-electron chi connectivity index (χ4n) is 2.52. The number of fused-ring (bicyclic) bond motifs is 1. The average molecular weight is 353 g/mol. The first-order valence-corrected chi connectivity index (χ1v) is 8.49. The lowest BCUT2D eigenvalue weighted by atomic mass is 10.2. The third kappa shape index (κ3) is 3.92. The SMILES string of the molecule is CC(=O)N(C)c1ccc(Nc2nc(NCCCN)c3cc[nH]c3n2)cc1. The van der Waals surface area contributed by atoms with Crippen LogP contribution in [-0.2, 0) is 4.79 Å². The second kappa shape index (κ2) is 7.83. The topological polar surface area (TPSA) is 112 Å². The fraction of sp³-hybridized carbons (Fsp3) is 0.278. The van der Waals surface area contributed by atoms with Crippen LogP contribution in [0.25, 0.3) is 11.0 Å². The summed E-state index contributed by atoms with van der Waals surface area (Å²) in [6.45, 7) is 2.91. The summed E-state index contributed by atoms with van der Waals surface area (Å²) in [6, 6.07) is 9.46. The van der Waals surface area contributed by atoms with Gasteiger partial charge in [-0.25, -0.2) is 0 Å². The number of aromatic nitrogens is 3. The Balaban J connectivity index is 1.80. The summed E-state index contributed by atoms with van der Waals surface area (Å²) in [5.74, 6) is 1.24. The number of hydrogen-bond donors (Lipinski definition) is 4. The van der Waals surface area contributed by atoms with Crippen molar-refractivity contribution < 1.29 is 4.79 Å². The highest BCUT2D eigenvalue weighted by Crippen LogP contribution is 2.24. The number of aromatic amines is 1. The maximum absolute atomic E-state index is 11.4. The monoisotopic (exact) mass is 353 g/mol. The number of nitrogens with two attached hydrogens (primary N) is 1. The highest BCUT2D eigenvalue weighted by molar-refractivity contribution is 5.91. The molecule has 8 nitrogen and oxygen atoms in total. The van der Waals surface area contributed by atoms with E-state index in [0.29, 0.717) is 12.5 Å². The molecule has 0 bridgehead atoms. The Morgan fingerprint density at radius 1 is 1.23 bits per heavy atom. The lowest BCUT2D eigenvalue weighted by molar-refractivity contribution is -0.116. The molecule has 0 saturated carbocycles. The molecule has 1 aromatic carbocycles. The van der Waals surface area contributed by atoms with Crippen LogP contribution in [0.3, 0.4) is 0 Å². The summed E-state index contributed by atoms with van der Waals surface area (Å²) < 4.78 is 0. The predicted molar refractivity (Wildman–Crippen MR) is 105 cm³/mol. The molecular weight excluding hydrogens is 330 g/mol. The van der Waals surface area contributed by atoms with Crippen molar-refractivity contribution in [2.24, 2.45) is 5.73 Å². The van der Waals surface area contributed by atoms with Crippen molar-refractivity contribution in [2.75, 3.05) is 35.7 Å². The van der Waals surface area contributed by atoms with Crippen LogP contribution in [0.15, 0.2) is 36.5 Å². The van der Waals surface area contributed by atoms with E-state index in [1.54, 1.807) is 11.9 Å². The van der Waals surface area contributed by atoms with Gasteiger partial charge in [-0.15, -0.1) is 0 Å². The van der Waals surface area contributed by atoms with Gasteiger partial charge in [-0.3, -0.25) is 4.79 Å². The zero-order valence-corrected chi connectivity index (χ0v) is 14.9. The highest BCUT2D eigenvalue weighted by atomic mass is 16.2. The number of H-pyrrole nitrogens is 1. The Hall–Kier alpha value is -3.13. The molecule has 0 aliphatic heterocycles. The second-order valence-corrected chi connectivity index (χ2v) is 5.95. The van der Waals surface area contributed by atoms with Gasteiger partial charge in [-0.05, 0) is 43.3 Å². The van der Waals surface area contributed by atoms with Gasteiger partial charge >= 0.3 is 0 Å². The number of nitrogens with one attached hydrogen (secondary N) is 3. The molecule has 0 aliphatic carbocycles. The van der Waals surface area contributed by atoms with Gasteiger partial charge in [0.1, 0.15) is 11.5 Å². The number of amides is 1. The van der Waals surface area contributed by atoms with Gasteiger partial charge in [0.25, 0.3) is 0 Å². The van der Waals surface area contributed by atoms with E-state index in [4.69, 9.17) is 5.73 Å². The van der Waals surface area contributed by atoms with E-state index in [9.17, 15) is 4.79 Å². The third-order valence-corrected chi connectivity index (χ3v) is 4.07. The van der Waals surface area contributed by atoms with Crippen LogP contribution in [0.1, 0.15) is 13.3 Å². The van der Waals surface area contributed by atoms with Crippen molar-refractivity contribution in [1.29, 1.82) is 0 Å². The summed E-state index contributed by atoms with van der Waals surface area (Å²) in [6.07, 6.45) is 2.70. The Morgan fingerprint density at radius 3 is 2.69 bits per heavy atom. The van der Waals surface area contributed by atoms with E-state index in [1.807, 2.05) is 36.5 Å². The first-order valence-electron chi connectivity index (χ1n) is 8.49. The largest absolute Gasteiger partial charge is 0.369 e. The van der Waals surface area contributed by atoms with Crippen molar-refractivity contribution in [3.63, 3.8) is 0 Å². The number of carbonyl (C=O) groups excluding carboxylic acids is 1. The van der Waals surface area contributed by atoms with E-state index in [1.165, 1.54) is 6.92 Å². The van der Waals surface area contributed by atoms with Gasteiger partial charge in [0.2, 0.25) is 11.9 Å². The quantitative estimate of drug-likeness (QED) is 0.485. The van der Waals surface area contributed by atoms with E-state index in [-0.39, 0.29) is 5.91 Å². The van der Waals surface area contributed by atoms with Crippen molar-refractivity contribution in [2.45, 2.75) is 13.3 Å². The Kier molecular flexibility index (Phi) is 5.33. The molecule has 3 rings (SSSR count). The van der Waals surface area contributed by atoms with E-state index in [0.717, 1.165) is 41.2 Å². The van der Waals surface area contributed by atoms with E-state index >= 15 is 0 Å². The average Bonchev–Trinajstić information content (AvgIpc) is 3.10. The van der Waals surface area contributed by atoms with Crippen LogP contribution >= 0.6 is 0 Å². The van der Waals surface area contributed by atoms with Crippen LogP contribution in [-0.4, -0.2) is 41.0 Å². The van der Waals surface area contributed by atoms with Gasteiger partial charge in [-0.1, -0.05) is 0 Å². The Bertz CT molecular complexity index is 888. The first-order chi connectivity index (χ1) is 12.6. The Morgan fingerprint density at radius 2 is 2.00 bits per heavy atom. The number of rotatable bonds is 7. The third-order valence-electron chi connectivity index (χ3n) is 4.07. The molecule has 8 heteroatoms. The van der Waals surface area contributed by atoms with Crippen molar-refractivity contribution in [3.05, 3.63) is 36.5 Å². The molecule has 0 spiro atoms. The molecule has 2 aromatic heterocycles. The van der Waals surface area contributed by atoms with Crippen molar-refractivity contribution in [3.8, 4) is 0 Å². The zero-order valence-electron chi connectivity index (χ0n) is 14.9. The maximum Gasteiger partial charge on any atom is 0.231 e. The number of carbonyl (C=O) groups is 1. The first kappa shape index (κ1) is 17.7. The molecule has 5 N–H and O–H groups in total.